The number of piperazine rings is 1. The topological polar surface area (TPSA) is 81.9 Å². The van der Waals surface area contributed by atoms with E-state index >= 15 is 0 Å². The molecule has 0 aromatic rings. The summed E-state index contributed by atoms with van der Waals surface area (Å²) in [7, 11) is 0. The molecule has 3 rings (SSSR count). The van der Waals surface area contributed by atoms with Gasteiger partial charge in [0, 0.05) is 50.7 Å². The van der Waals surface area contributed by atoms with Gasteiger partial charge in [0.05, 0.1) is 0 Å². The van der Waals surface area contributed by atoms with Crippen LogP contribution in [0.15, 0.2) is 0 Å². The number of amides is 3. The van der Waals surface area contributed by atoms with E-state index in [-0.39, 0.29) is 23.5 Å². The Kier molecular flexibility index (Phi) is 6.07. The molecule has 3 saturated heterocycles. The number of nitrogens with two attached hydrogens (primary N) is 1. The third-order valence-electron chi connectivity index (χ3n) is 6.78. The van der Waals surface area contributed by atoms with E-state index in [9.17, 15) is 9.59 Å². The molecule has 0 spiro atoms. The van der Waals surface area contributed by atoms with Crippen molar-refractivity contribution in [3.8, 4) is 0 Å². The monoisotopic (exact) mass is 365 g/mol. The summed E-state index contributed by atoms with van der Waals surface area (Å²) in [6.45, 7) is 10.9. The number of rotatable bonds is 3. The van der Waals surface area contributed by atoms with Gasteiger partial charge in [0.2, 0.25) is 5.91 Å². The van der Waals surface area contributed by atoms with Gasteiger partial charge in [-0.25, -0.2) is 4.79 Å². The minimum absolute atomic E-state index is 0.272. The molecule has 3 N–H and O–H groups in total. The van der Waals surface area contributed by atoms with Gasteiger partial charge < -0.3 is 20.9 Å². The standard InChI is InChI=1S/C19H35N5O2/c1-15-14-23(19(2)5-7-21-8-6-19)11-12-24(15)17(25)13-16-3-9-22(10-4-16)18(20)26/h15-16,21H,3-14H2,1-2H3,(H2,20,26)/t15-/m0/s1. The molecule has 0 aliphatic carbocycles. The molecular weight excluding hydrogens is 330 g/mol. The lowest BCUT2D eigenvalue weighted by Gasteiger charge is -2.50. The van der Waals surface area contributed by atoms with Gasteiger partial charge in [-0.15, -0.1) is 0 Å². The summed E-state index contributed by atoms with van der Waals surface area (Å²) >= 11 is 0. The zero-order chi connectivity index (χ0) is 18.7. The van der Waals surface area contributed by atoms with Crippen molar-refractivity contribution in [1.82, 2.24) is 20.0 Å². The lowest BCUT2D eigenvalue weighted by Crippen LogP contribution is -2.62. The molecular formula is C19H35N5O2. The van der Waals surface area contributed by atoms with E-state index in [1.807, 2.05) is 0 Å². The predicted octanol–water partition coefficient (Wildman–Crippen LogP) is 0.842. The highest BCUT2D eigenvalue weighted by molar-refractivity contribution is 5.77. The Morgan fingerprint density at radius 3 is 2.35 bits per heavy atom. The van der Waals surface area contributed by atoms with Crippen molar-refractivity contribution in [2.24, 2.45) is 11.7 Å². The van der Waals surface area contributed by atoms with E-state index < -0.39 is 0 Å². The second-order valence-corrected chi connectivity index (χ2v) is 8.60. The van der Waals surface area contributed by atoms with Crippen molar-refractivity contribution >= 4 is 11.9 Å². The summed E-state index contributed by atoms with van der Waals surface area (Å²) in [4.78, 5) is 30.4. The number of carbonyl (C=O) groups is 2. The second kappa shape index (κ2) is 8.13. The summed E-state index contributed by atoms with van der Waals surface area (Å²) in [5.41, 5.74) is 5.61. The number of nitrogens with zero attached hydrogens (tertiary/aromatic N) is 3. The summed E-state index contributed by atoms with van der Waals surface area (Å²) in [6.07, 6.45) is 4.75. The van der Waals surface area contributed by atoms with Crippen LogP contribution in [-0.4, -0.2) is 84.0 Å². The number of primary amides is 1. The molecule has 3 aliphatic heterocycles. The summed E-state index contributed by atoms with van der Waals surface area (Å²) < 4.78 is 0. The van der Waals surface area contributed by atoms with E-state index in [1.165, 1.54) is 12.8 Å². The smallest absolute Gasteiger partial charge is 0.314 e. The maximum absolute atomic E-state index is 12.8. The normalized spacial score (nSPS) is 28.2. The van der Waals surface area contributed by atoms with Gasteiger partial charge in [0.25, 0.3) is 0 Å². The fraction of sp³-hybridized carbons (Fsp3) is 0.895. The molecule has 0 unspecified atom stereocenters. The highest BCUT2D eigenvalue weighted by Gasteiger charge is 2.38. The number of nitrogens with one attached hydrogen (secondary N) is 1. The van der Waals surface area contributed by atoms with Crippen LogP contribution in [0.4, 0.5) is 4.79 Å². The van der Waals surface area contributed by atoms with Crippen LogP contribution in [-0.2, 0) is 4.79 Å². The van der Waals surface area contributed by atoms with Gasteiger partial charge in [-0.2, -0.15) is 0 Å². The number of likely N-dealkylation sites (tertiary alicyclic amines) is 1. The van der Waals surface area contributed by atoms with Crippen LogP contribution in [0.3, 0.4) is 0 Å². The minimum Gasteiger partial charge on any atom is -0.351 e. The van der Waals surface area contributed by atoms with Crippen molar-refractivity contribution < 1.29 is 9.59 Å². The molecule has 1 atom stereocenters. The van der Waals surface area contributed by atoms with Gasteiger partial charge in [-0.05, 0) is 58.5 Å². The highest BCUT2D eigenvalue weighted by Crippen LogP contribution is 2.29. The first-order chi connectivity index (χ1) is 12.4. The molecule has 148 valence electrons. The Morgan fingerprint density at radius 1 is 1.12 bits per heavy atom. The zero-order valence-electron chi connectivity index (χ0n) is 16.4. The summed E-state index contributed by atoms with van der Waals surface area (Å²) in [5.74, 6) is 0.662. The van der Waals surface area contributed by atoms with Crippen LogP contribution in [0.25, 0.3) is 0 Å². The largest absolute Gasteiger partial charge is 0.351 e. The molecule has 0 aromatic heterocycles. The molecule has 7 heteroatoms. The Balaban J connectivity index is 1.48. The fourth-order valence-electron chi connectivity index (χ4n) is 4.82. The molecule has 3 amide bonds. The molecule has 3 heterocycles. The van der Waals surface area contributed by atoms with Crippen LogP contribution in [0, 0.1) is 5.92 Å². The molecule has 3 aliphatic rings. The molecule has 0 saturated carbocycles. The SMILES string of the molecule is C[C@H]1CN(C2(C)CCNCC2)CCN1C(=O)CC1CCN(C(N)=O)CC1. The first-order valence-corrected chi connectivity index (χ1v) is 10.2. The highest BCUT2D eigenvalue weighted by atomic mass is 16.2. The quantitative estimate of drug-likeness (QED) is 0.777. The lowest BCUT2D eigenvalue weighted by molar-refractivity contribution is -0.138. The van der Waals surface area contributed by atoms with Crippen molar-refractivity contribution in [1.29, 1.82) is 0 Å². The van der Waals surface area contributed by atoms with Gasteiger partial charge in [0.1, 0.15) is 0 Å². The maximum Gasteiger partial charge on any atom is 0.314 e. The van der Waals surface area contributed by atoms with Gasteiger partial charge >= 0.3 is 6.03 Å². The Bertz CT molecular complexity index is 512. The predicted molar refractivity (Wildman–Crippen MR) is 102 cm³/mol. The van der Waals surface area contributed by atoms with Crippen LogP contribution in [0.2, 0.25) is 0 Å². The number of carbonyl (C=O) groups excluding carboxylic acids is 2. The van der Waals surface area contributed by atoms with E-state index in [0.717, 1.165) is 45.6 Å². The average Bonchev–Trinajstić information content (AvgIpc) is 2.62. The van der Waals surface area contributed by atoms with E-state index in [1.54, 1.807) is 4.90 Å². The third-order valence-corrected chi connectivity index (χ3v) is 6.78. The van der Waals surface area contributed by atoms with E-state index in [0.29, 0.717) is 25.4 Å². The van der Waals surface area contributed by atoms with E-state index in [2.05, 4.69) is 29.0 Å². The third kappa shape index (κ3) is 4.31. The molecule has 7 nitrogen and oxygen atoms in total. The first-order valence-electron chi connectivity index (χ1n) is 10.2. The molecule has 0 bridgehead atoms. The van der Waals surface area contributed by atoms with Crippen LogP contribution in [0.1, 0.15) is 46.0 Å². The minimum atomic E-state index is -0.342. The fourth-order valence-corrected chi connectivity index (χ4v) is 4.82. The number of urea groups is 1. The van der Waals surface area contributed by atoms with Crippen LogP contribution in [0.5, 0.6) is 0 Å². The van der Waals surface area contributed by atoms with Crippen molar-refractivity contribution in [3.05, 3.63) is 0 Å². The van der Waals surface area contributed by atoms with Crippen LogP contribution < -0.4 is 11.1 Å². The number of piperidine rings is 2. The molecule has 26 heavy (non-hydrogen) atoms. The van der Waals surface area contributed by atoms with Gasteiger partial charge in [-0.3, -0.25) is 9.69 Å². The van der Waals surface area contributed by atoms with Crippen molar-refractivity contribution in [2.75, 3.05) is 45.8 Å². The zero-order valence-corrected chi connectivity index (χ0v) is 16.4. The molecule has 3 fully saturated rings. The summed E-state index contributed by atoms with van der Waals surface area (Å²) in [6, 6.07) is -0.0698. The van der Waals surface area contributed by atoms with Gasteiger partial charge in [-0.1, -0.05) is 0 Å². The van der Waals surface area contributed by atoms with Crippen molar-refractivity contribution in [2.45, 2.75) is 57.5 Å². The molecule has 0 aromatic carbocycles. The lowest BCUT2D eigenvalue weighted by atomic mass is 9.87. The first kappa shape index (κ1) is 19.4. The number of hydrogen-bond acceptors (Lipinski definition) is 4. The second-order valence-electron chi connectivity index (χ2n) is 8.60. The van der Waals surface area contributed by atoms with E-state index in [4.69, 9.17) is 5.73 Å². The van der Waals surface area contributed by atoms with Gasteiger partial charge in [0.15, 0.2) is 0 Å². The summed E-state index contributed by atoms with van der Waals surface area (Å²) in [5, 5.41) is 3.45. The Labute approximate surface area is 157 Å². The molecule has 0 radical (unpaired) electrons. The van der Waals surface area contributed by atoms with Crippen molar-refractivity contribution in [3.63, 3.8) is 0 Å². The Hall–Kier alpha value is -1.34. The van der Waals surface area contributed by atoms with Crippen LogP contribution >= 0.6 is 0 Å². The number of hydrogen-bond donors (Lipinski definition) is 2. The Morgan fingerprint density at radius 2 is 1.77 bits per heavy atom. The average molecular weight is 366 g/mol. The maximum atomic E-state index is 12.8.